The second kappa shape index (κ2) is 3.94. The van der Waals surface area contributed by atoms with Crippen LogP contribution in [0.5, 0.6) is 0 Å². The number of hydrogen-bond donors (Lipinski definition) is 0. The lowest BCUT2D eigenvalue weighted by atomic mass is 10.2. The summed E-state index contributed by atoms with van der Waals surface area (Å²) in [4.78, 5) is 0. The maximum absolute atomic E-state index is 12.6. The molecule has 1 rings (SSSR count). The van der Waals surface area contributed by atoms with Crippen LogP contribution in [0.25, 0.3) is 5.03 Å². The summed E-state index contributed by atoms with van der Waals surface area (Å²) >= 11 is 5.73. The molecule has 0 aromatic heterocycles. The summed E-state index contributed by atoms with van der Waals surface area (Å²) in [5.41, 5.74) is 0.592. The summed E-state index contributed by atoms with van der Waals surface area (Å²) in [6, 6.07) is 5.95. The molecule has 0 saturated carbocycles. The molecule has 0 spiro atoms. The maximum Gasteiger partial charge on any atom is 0.123 e. The third kappa shape index (κ3) is 2.11. The van der Waals surface area contributed by atoms with E-state index in [-0.39, 0.29) is 5.82 Å². The Bertz CT molecular complexity index is 347. The molecular formula is C10H6ClF. The quantitative estimate of drug-likeness (QED) is 0.583. The second-order valence-corrected chi connectivity index (χ2v) is 2.58. The van der Waals surface area contributed by atoms with Crippen molar-refractivity contribution in [1.82, 2.24) is 0 Å². The predicted octanol–water partition coefficient (Wildman–Crippen LogP) is 3.04. The smallest absolute Gasteiger partial charge is 0.123 e. The molecule has 2 heteroatoms. The standard InChI is InChI=1S/C10H6ClF/c1-2-4-10(11)8-5-3-6-9(12)7-8/h1,3-7H/b10-4-. The van der Waals surface area contributed by atoms with Gasteiger partial charge >= 0.3 is 0 Å². The number of allylic oxidation sites excluding steroid dienone is 1. The van der Waals surface area contributed by atoms with Gasteiger partial charge in [-0.2, -0.15) is 0 Å². The molecule has 0 heterocycles. The Morgan fingerprint density at radius 2 is 2.33 bits per heavy atom. The molecule has 0 fully saturated rings. The third-order valence-corrected chi connectivity index (χ3v) is 1.64. The summed E-state index contributed by atoms with van der Waals surface area (Å²) in [6.07, 6.45) is 6.39. The van der Waals surface area contributed by atoms with Crippen molar-refractivity contribution in [3.63, 3.8) is 0 Å². The zero-order valence-electron chi connectivity index (χ0n) is 6.22. The van der Waals surface area contributed by atoms with Crippen molar-refractivity contribution < 1.29 is 4.39 Å². The number of terminal acetylenes is 1. The van der Waals surface area contributed by atoms with Crippen LogP contribution in [0, 0.1) is 18.2 Å². The van der Waals surface area contributed by atoms with Gasteiger partial charge in [-0.25, -0.2) is 4.39 Å². The molecule has 0 N–H and O–H groups in total. The highest BCUT2D eigenvalue weighted by atomic mass is 35.5. The van der Waals surface area contributed by atoms with Crippen LogP contribution in [0.3, 0.4) is 0 Å². The molecule has 0 aliphatic rings. The van der Waals surface area contributed by atoms with Gasteiger partial charge < -0.3 is 0 Å². The molecule has 1 aromatic rings. The fourth-order valence-corrected chi connectivity index (χ4v) is 0.974. The van der Waals surface area contributed by atoms with Crippen LogP contribution in [-0.2, 0) is 0 Å². The molecule has 0 aliphatic carbocycles. The first kappa shape index (κ1) is 8.83. The number of benzene rings is 1. The first-order valence-electron chi connectivity index (χ1n) is 3.32. The van der Waals surface area contributed by atoms with E-state index in [1.165, 1.54) is 18.2 Å². The molecule has 0 bridgehead atoms. The van der Waals surface area contributed by atoms with Crippen LogP contribution < -0.4 is 0 Å². The Morgan fingerprint density at radius 3 is 2.92 bits per heavy atom. The topological polar surface area (TPSA) is 0 Å². The fourth-order valence-electron chi connectivity index (χ4n) is 0.794. The SMILES string of the molecule is C#C/C=C(\Cl)c1cccc(F)c1. The van der Waals surface area contributed by atoms with E-state index in [0.717, 1.165) is 0 Å². The fraction of sp³-hybridized carbons (Fsp3) is 0. The van der Waals surface area contributed by atoms with Gasteiger partial charge in [-0.1, -0.05) is 29.7 Å². The molecule has 0 aliphatic heterocycles. The summed E-state index contributed by atoms with van der Waals surface area (Å²) in [7, 11) is 0. The van der Waals surface area contributed by atoms with Crippen LogP contribution in [0.15, 0.2) is 30.3 Å². The molecule has 1 aromatic carbocycles. The summed E-state index contributed by atoms with van der Waals surface area (Å²) in [5, 5.41) is 0.372. The van der Waals surface area contributed by atoms with E-state index < -0.39 is 0 Å². The van der Waals surface area contributed by atoms with Crippen LogP contribution in [0.1, 0.15) is 5.56 Å². The van der Waals surface area contributed by atoms with Crippen molar-refractivity contribution in [3.8, 4) is 12.3 Å². The lowest BCUT2D eigenvalue weighted by Crippen LogP contribution is -1.78. The van der Waals surface area contributed by atoms with Crippen molar-refractivity contribution in [1.29, 1.82) is 0 Å². The van der Waals surface area contributed by atoms with E-state index in [0.29, 0.717) is 10.6 Å². The Balaban J connectivity index is 3.05. The summed E-state index contributed by atoms with van der Waals surface area (Å²) < 4.78 is 12.6. The van der Waals surface area contributed by atoms with Gasteiger partial charge in [0.15, 0.2) is 0 Å². The van der Waals surface area contributed by atoms with Crippen LogP contribution in [0.4, 0.5) is 4.39 Å². The minimum atomic E-state index is -0.323. The lowest BCUT2D eigenvalue weighted by Gasteiger charge is -1.96. The average Bonchev–Trinajstić information content (AvgIpc) is 2.05. The minimum Gasteiger partial charge on any atom is -0.207 e. The molecule has 0 saturated heterocycles. The molecule has 0 nitrogen and oxygen atoms in total. The highest BCUT2D eigenvalue weighted by Gasteiger charge is 1.97. The van der Waals surface area contributed by atoms with Crippen LogP contribution >= 0.6 is 11.6 Å². The summed E-state index contributed by atoms with van der Waals surface area (Å²) in [5.74, 6) is 1.95. The lowest BCUT2D eigenvalue weighted by molar-refractivity contribution is 0.627. The molecule has 0 atom stereocenters. The van der Waals surface area contributed by atoms with E-state index in [1.54, 1.807) is 12.1 Å². The first-order chi connectivity index (χ1) is 5.74. The van der Waals surface area contributed by atoms with E-state index >= 15 is 0 Å². The van der Waals surface area contributed by atoms with Gasteiger partial charge in [0.1, 0.15) is 5.82 Å². The third-order valence-electron chi connectivity index (χ3n) is 1.31. The average molecular weight is 181 g/mol. The van der Waals surface area contributed by atoms with E-state index in [9.17, 15) is 4.39 Å². The maximum atomic E-state index is 12.6. The van der Waals surface area contributed by atoms with E-state index in [4.69, 9.17) is 18.0 Å². The number of hydrogen-bond acceptors (Lipinski definition) is 0. The number of rotatable bonds is 1. The van der Waals surface area contributed by atoms with Crippen molar-refractivity contribution in [2.24, 2.45) is 0 Å². The van der Waals surface area contributed by atoms with Gasteiger partial charge in [-0.3, -0.25) is 0 Å². The van der Waals surface area contributed by atoms with Crippen molar-refractivity contribution in [2.75, 3.05) is 0 Å². The summed E-state index contributed by atoms with van der Waals surface area (Å²) in [6.45, 7) is 0. The van der Waals surface area contributed by atoms with Crippen molar-refractivity contribution in [2.45, 2.75) is 0 Å². The molecular weight excluding hydrogens is 175 g/mol. The first-order valence-corrected chi connectivity index (χ1v) is 3.69. The second-order valence-electron chi connectivity index (χ2n) is 2.17. The van der Waals surface area contributed by atoms with Crippen molar-refractivity contribution in [3.05, 3.63) is 41.7 Å². The Kier molecular flexibility index (Phi) is 2.90. The Labute approximate surface area is 75.7 Å². The van der Waals surface area contributed by atoms with Gasteiger partial charge in [-0.15, -0.1) is 6.42 Å². The highest BCUT2D eigenvalue weighted by Crippen LogP contribution is 2.18. The Morgan fingerprint density at radius 1 is 1.58 bits per heavy atom. The predicted molar refractivity (Wildman–Crippen MR) is 49.1 cm³/mol. The minimum absolute atomic E-state index is 0.323. The van der Waals surface area contributed by atoms with Gasteiger partial charge in [0.2, 0.25) is 0 Å². The van der Waals surface area contributed by atoms with E-state index in [2.05, 4.69) is 5.92 Å². The zero-order chi connectivity index (χ0) is 8.97. The van der Waals surface area contributed by atoms with Crippen LogP contribution in [-0.4, -0.2) is 0 Å². The molecule has 0 unspecified atom stereocenters. The Hall–Kier alpha value is -1.26. The van der Waals surface area contributed by atoms with Crippen LogP contribution in [0.2, 0.25) is 0 Å². The van der Waals surface area contributed by atoms with Gasteiger partial charge in [-0.05, 0) is 17.7 Å². The van der Waals surface area contributed by atoms with Gasteiger partial charge in [0, 0.05) is 6.08 Å². The van der Waals surface area contributed by atoms with E-state index in [1.807, 2.05) is 0 Å². The zero-order valence-corrected chi connectivity index (χ0v) is 6.98. The van der Waals surface area contributed by atoms with Gasteiger partial charge in [0.05, 0.1) is 5.03 Å². The number of halogens is 2. The molecule has 12 heavy (non-hydrogen) atoms. The van der Waals surface area contributed by atoms with Crippen molar-refractivity contribution >= 4 is 16.6 Å². The molecule has 0 radical (unpaired) electrons. The largest absolute Gasteiger partial charge is 0.207 e. The normalized spacial score (nSPS) is 10.9. The van der Waals surface area contributed by atoms with Gasteiger partial charge in [0.25, 0.3) is 0 Å². The highest BCUT2D eigenvalue weighted by molar-refractivity contribution is 6.49. The molecule has 60 valence electrons. The molecule has 0 amide bonds. The monoisotopic (exact) mass is 180 g/mol.